The lowest BCUT2D eigenvalue weighted by atomic mass is 10.1. The van der Waals surface area contributed by atoms with Gasteiger partial charge in [0.05, 0.1) is 10.8 Å². The molecule has 19 heavy (non-hydrogen) atoms. The predicted molar refractivity (Wildman–Crippen MR) is 76.4 cm³/mol. The molecule has 0 saturated heterocycles. The first-order chi connectivity index (χ1) is 8.98. The number of carbonyl (C=O) groups excluding carboxylic acids is 1. The van der Waals surface area contributed by atoms with Gasteiger partial charge in [-0.25, -0.2) is 8.42 Å². The molecule has 1 aromatic rings. The van der Waals surface area contributed by atoms with E-state index in [1.165, 1.54) is 0 Å². The summed E-state index contributed by atoms with van der Waals surface area (Å²) in [6, 6.07) is 6.56. The second-order valence-corrected chi connectivity index (χ2v) is 7.62. The average Bonchev–Trinajstić information content (AvgIpc) is 2.80. The van der Waals surface area contributed by atoms with Crippen LogP contribution in [0.5, 0.6) is 0 Å². The number of sulfone groups is 1. The van der Waals surface area contributed by atoms with Crippen molar-refractivity contribution < 1.29 is 13.2 Å². The smallest absolute Gasteiger partial charge is 0.179 e. The van der Waals surface area contributed by atoms with Crippen molar-refractivity contribution in [2.45, 2.75) is 25.7 Å². The molecular formula is C14H17ClO3S. The molecule has 0 bridgehead atoms. The highest BCUT2D eigenvalue weighted by atomic mass is 35.5. The maximum atomic E-state index is 12.0. The molecular weight excluding hydrogens is 284 g/mol. The Bertz CT molecular complexity index is 560. The Morgan fingerprint density at radius 3 is 2.47 bits per heavy atom. The van der Waals surface area contributed by atoms with Gasteiger partial charge in [-0.2, -0.15) is 0 Å². The van der Waals surface area contributed by atoms with Crippen LogP contribution in [-0.2, 0) is 9.84 Å². The van der Waals surface area contributed by atoms with Gasteiger partial charge < -0.3 is 0 Å². The second-order valence-electron chi connectivity index (χ2n) is 5.11. The molecule has 0 aliphatic heterocycles. The van der Waals surface area contributed by atoms with Crippen LogP contribution in [0.15, 0.2) is 24.3 Å². The summed E-state index contributed by atoms with van der Waals surface area (Å²) in [5, 5.41) is 0.309. The lowest BCUT2D eigenvalue weighted by Gasteiger charge is -2.09. The SMILES string of the molecule is O=C(CS(=O)(=O)CC1CCCC1)c1ccccc1Cl. The largest absolute Gasteiger partial charge is 0.293 e. The highest BCUT2D eigenvalue weighted by Gasteiger charge is 2.25. The Labute approximate surface area is 118 Å². The topological polar surface area (TPSA) is 51.2 Å². The Morgan fingerprint density at radius 2 is 1.84 bits per heavy atom. The monoisotopic (exact) mass is 300 g/mol. The van der Waals surface area contributed by atoms with Gasteiger partial charge in [-0.1, -0.05) is 36.6 Å². The Morgan fingerprint density at radius 1 is 1.21 bits per heavy atom. The van der Waals surface area contributed by atoms with Crippen LogP contribution in [-0.4, -0.2) is 25.7 Å². The van der Waals surface area contributed by atoms with Gasteiger partial charge in [0, 0.05) is 5.56 Å². The summed E-state index contributed by atoms with van der Waals surface area (Å²) in [6.45, 7) is 0. The summed E-state index contributed by atoms with van der Waals surface area (Å²) in [6.07, 6.45) is 4.11. The van der Waals surface area contributed by atoms with Gasteiger partial charge in [-0.15, -0.1) is 0 Å². The minimum atomic E-state index is -3.34. The molecule has 0 aromatic heterocycles. The zero-order chi connectivity index (χ0) is 13.9. The van der Waals surface area contributed by atoms with Crippen molar-refractivity contribution in [3.05, 3.63) is 34.9 Å². The van der Waals surface area contributed by atoms with Crippen LogP contribution in [0, 0.1) is 5.92 Å². The van der Waals surface area contributed by atoms with Crippen molar-refractivity contribution >= 4 is 27.2 Å². The number of rotatable bonds is 5. The number of ketones is 1. The Balaban J connectivity index is 2.03. The lowest BCUT2D eigenvalue weighted by Crippen LogP contribution is -2.22. The van der Waals surface area contributed by atoms with Crippen molar-refractivity contribution in [2.75, 3.05) is 11.5 Å². The fourth-order valence-electron chi connectivity index (χ4n) is 2.56. The normalized spacial score (nSPS) is 16.7. The molecule has 0 N–H and O–H groups in total. The van der Waals surface area contributed by atoms with Crippen molar-refractivity contribution in [3.8, 4) is 0 Å². The molecule has 1 aliphatic rings. The molecule has 1 fully saturated rings. The molecule has 1 saturated carbocycles. The van der Waals surface area contributed by atoms with Gasteiger partial charge in [-0.05, 0) is 30.9 Å². The number of hydrogen-bond donors (Lipinski definition) is 0. The molecule has 5 heteroatoms. The molecule has 2 rings (SSSR count). The van der Waals surface area contributed by atoms with Crippen molar-refractivity contribution in [2.24, 2.45) is 5.92 Å². The van der Waals surface area contributed by atoms with Crippen molar-refractivity contribution in [3.63, 3.8) is 0 Å². The van der Waals surface area contributed by atoms with Gasteiger partial charge in [0.15, 0.2) is 15.6 Å². The molecule has 0 spiro atoms. The van der Waals surface area contributed by atoms with Gasteiger partial charge in [-0.3, -0.25) is 4.79 Å². The van der Waals surface area contributed by atoms with Crippen LogP contribution in [0.2, 0.25) is 5.02 Å². The van der Waals surface area contributed by atoms with E-state index in [1.54, 1.807) is 24.3 Å². The molecule has 0 atom stereocenters. The maximum absolute atomic E-state index is 12.0. The fraction of sp³-hybridized carbons (Fsp3) is 0.500. The maximum Gasteiger partial charge on any atom is 0.179 e. The highest BCUT2D eigenvalue weighted by molar-refractivity contribution is 7.92. The van der Waals surface area contributed by atoms with Crippen LogP contribution in [0.4, 0.5) is 0 Å². The third-order valence-corrected chi connectivity index (χ3v) is 5.50. The zero-order valence-electron chi connectivity index (χ0n) is 10.6. The standard InChI is InChI=1S/C14H17ClO3S/c15-13-8-4-3-7-12(13)14(16)10-19(17,18)9-11-5-1-2-6-11/h3-4,7-8,11H,1-2,5-6,9-10H2. The zero-order valence-corrected chi connectivity index (χ0v) is 12.2. The van der Waals surface area contributed by atoms with Crippen LogP contribution in [0.1, 0.15) is 36.0 Å². The van der Waals surface area contributed by atoms with Gasteiger partial charge >= 0.3 is 0 Å². The van der Waals surface area contributed by atoms with Crippen LogP contribution in [0.3, 0.4) is 0 Å². The Kier molecular flexibility index (Phi) is 4.63. The molecule has 0 radical (unpaired) electrons. The lowest BCUT2D eigenvalue weighted by molar-refractivity contribution is 0.102. The Hall–Kier alpha value is -0.870. The van der Waals surface area contributed by atoms with Gasteiger partial charge in [0.2, 0.25) is 0 Å². The van der Waals surface area contributed by atoms with Crippen molar-refractivity contribution in [1.29, 1.82) is 0 Å². The first-order valence-corrected chi connectivity index (χ1v) is 8.66. The summed E-state index contributed by atoms with van der Waals surface area (Å²) in [7, 11) is -3.34. The second kappa shape index (κ2) is 6.06. The van der Waals surface area contributed by atoms with E-state index < -0.39 is 21.4 Å². The fourth-order valence-corrected chi connectivity index (χ4v) is 4.53. The van der Waals surface area contributed by atoms with Crippen LogP contribution >= 0.6 is 11.6 Å². The van der Waals surface area contributed by atoms with E-state index in [-0.39, 0.29) is 11.7 Å². The number of halogens is 1. The number of Topliss-reactive ketones (excluding diaryl/α,β-unsaturated/α-hetero) is 1. The molecule has 0 amide bonds. The minimum Gasteiger partial charge on any atom is -0.293 e. The third kappa shape index (κ3) is 4.05. The number of carbonyl (C=O) groups is 1. The van der Waals surface area contributed by atoms with E-state index in [0.29, 0.717) is 10.6 Å². The van der Waals surface area contributed by atoms with E-state index in [9.17, 15) is 13.2 Å². The summed E-state index contributed by atoms with van der Waals surface area (Å²) in [5.41, 5.74) is 0.291. The van der Waals surface area contributed by atoms with E-state index in [2.05, 4.69) is 0 Å². The highest BCUT2D eigenvalue weighted by Crippen LogP contribution is 2.26. The summed E-state index contributed by atoms with van der Waals surface area (Å²) < 4.78 is 24.0. The summed E-state index contributed by atoms with van der Waals surface area (Å²) in [4.78, 5) is 12.0. The molecule has 0 unspecified atom stereocenters. The minimum absolute atomic E-state index is 0.128. The number of benzene rings is 1. The molecule has 1 aliphatic carbocycles. The first kappa shape index (κ1) is 14.5. The van der Waals surface area contributed by atoms with Gasteiger partial charge in [0.25, 0.3) is 0 Å². The predicted octanol–water partition coefficient (Wildman–Crippen LogP) is 3.13. The van der Waals surface area contributed by atoms with E-state index in [4.69, 9.17) is 11.6 Å². The van der Waals surface area contributed by atoms with E-state index >= 15 is 0 Å². The quantitative estimate of drug-likeness (QED) is 0.785. The van der Waals surface area contributed by atoms with Crippen LogP contribution < -0.4 is 0 Å². The van der Waals surface area contributed by atoms with E-state index in [1.807, 2.05) is 0 Å². The van der Waals surface area contributed by atoms with Gasteiger partial charge in [0.1, 0.15) is 5.75 Å². The molecule has 0 heterocycles. The molecule has 104 valence electrons. The molecule has 1 aromatic carbocycles. The number of hydrogen-bond acceptors (Lipinski definition) is 3. The first-order valence-electron chi connectivity index (χ1n) is 6.46. The van der Waals surface area contributed by atoms with E-state index in [0.717, 1.165) is 25.7 Å². The summed E-state index contributed by atoms with van der Waals surface area (Å²) >= 11 is 5.90. The summed E-state index contributed by atoms with van der Waals surface area (Å²) in [5.74, 6) is -0.496. The third-order valence-electron chi connectivity index (χ3n) is 3.49. The molecule has 3 nitrogen and oxygen atoms in total. The van der Waals surface area contributed by atoms with Crippen molar-refractivity contribution in [1.82, 2.24) is 0 Å². The van der Waals surface area contributed by atoms with Crippen LogP contribution in [0.25, 0.3) is 0 Å². The average molecular weight is 301 g/mol.